The van der Waals surface area contributed by atoms with E-state index in [4.69, 9.17) is 17.0 Å². The van der Waals surface area contributed by atoms with Crippen molar-refractivity contribution in [2.24, 2.45) is 0 Å². The van der Waals surface area contributed by atoms with Crippen molar-refractivity contribution in [1.29, 1.82) is 0 Å². The first-order chi connectivity index (χ1) is 13.4. The average Bonchev–Trinajstić information content (AvgIpc) is 2.63. The van der Waals surface area contributed by atoms with Crippen LogP contribution in [0.2, 0.25) is 0 Å². The SMILES string of the molecule is COCCCn1c(=S)[nH]c2cc(C(=O)Nc3cc(C)cc(C)c3)ccc2c1=O. The van der Waals surface area contributed by atoms with Crippen molar-refractivity contribution >= 4 is 34.7 Å². The minimum atomic E-state index is -0.240. The Kier molecular flexibility index (Phi) is 6.06. The average molecular weight is 398 g/mol. The van der Waals surface area contributed by atoms with Crippen LogP contribution in [0.1, 0.15) is 27.9 Å². The number of fused-ring (bicyclic) bond motifs is 1. The molecule has 146 valence electrons. The Hall–Kier alpha value is -2.77. The van der Waals surface area contributed by atoms with Crippen molar-refractivity contribution in [1.82, 2.24) is 9.55 Å². The second-order valence-corrected chi connectivity index (χ2v) is 7.21. The first-order valence-electron chi connectivity index (χ1n) is 9.04. The molecule has 0 saturated heterocycles. The molecule has 7 heteroatoms. The van der Waals surface area contributed by atoms with Crippen LogP contribution in [-0.4, -0.2) is 29.2 Å². The highest BCUT2D eigenvalue weighted by Gasteiger charge is 2.11. The number of ether oxygens (including phenoxy) is 1. The molecule has 1 heterocycles. The molecule has 28 heavy (non-hydrogen) atoms. The van der Waals surface area contributed by atoms with Crippen LogP contribution in [0, 0.1) is 18.6 Å². The van der Waals surface area contributed by atoms with Gasteiger partial charge >= 0.3 is 0 Å². The lowest BCUT2D eigenvalue weighted by atomic mass is 10.1. The molecule has 2 aromatic carbocycles. The first kappa shape index (κ1) is 20.0. The molecule has 0 radical (unpaired) electrons. The summed E-state index contributed by atoms with van der Waals surface area (Å²) in [6, 6.07) is 10.8. The van der Waals surface area contributed by atoms with Gasteiger partial charge in [-0.25, -0.2) is 0 Å². The number of hydrogen-bond donors (Lipinski definition) is 2. The Morgan fingerprint density at radius 2 is 1.89 bits per heavy atom. The van der Waals surface area contributed by atoms with Crippen LogP contribution in [0.4, 0.5) is 5.69 Å². The van der Waals surface area contributed by atoms with E-state index in [0.29, 0.717) is 40.8 Å². The lowest BCUT2D eigenvalue weighted by molar-refractivity contribution is 0.102. The monoisotopic (exact) mass is 397 g/mol. The van der Waals surface area contributed by atoms with E-state index >= 15 is 0 Å². The highest BCUT2D eigenvalue weighted by molar-refractivity contribution is 7.71. The molecule has 0 aliphatic rings. The fourth-order valence-electron chi connectivity index (χ4n) is 3.22. The third-order valence-corrected chi connectivity index (χ3v) is 4.78. The zero-order valence-electron chi connectivity index (χ0n) is 16.2. The van der Waals surface area contributed by atoms with E-state index in [1.165, 1.54) is 4.57 Å². The molecule has 3 aromatic rings. The molecule has 0 saturated carbocycles. The lowest BCUT2D eigenvalue weighted by Crippen LogP contribution is -2.23. The predicted molar refractivity (Wildman–Crippen MR) is 114 cm³/mol. The van der Waals surface area contributed by atoms with Gasteiger partial charge in [-0.3, -0.25) is 14.2 Å². The summed E-state index contributed by atoms with van der Waals surface area (Å²) < 4.78 is 6.89. The standard InChI is InChI=1S/C21H23N3O3S/c1-13-9-14(2)11-16(10-13)22-19(25)15-5-6-17-18(12-15)23-21(28)24(20(17)26)7-4-8-27-3/h5-6,9-12H,4,7-8H2,1-3H3,(H,22,25)(H,23,28). The van der Waals surface area contributed by atoms with E-state index in [1.54, 1.807) is 25.3 Å². The molecular formula is C21H23N3O3S. The summed E-state index contributed by atoms with van der Waals surface area (Å²) in [6.07, 6.45) is 0.690. The van der Waals surface area contributed by atoms with E-state index in [1.807, 2.05) is 32.0 Å². The molecule has 0 spiro atoms. The van der Waals surface area contributed by atoms with Crippen molar-refractivity contribution in [2.75, 3.05) is 19.0 Å². The third kappa shape index (κ3) is 4.37. The van der Waals surface area contributed by atoms with E-state index < -0.39 is 0 Å². The van der Waals surface area contributed by atoms with Crippen LogP contribution in [-0.2, 0) is 11.3 Å². The second-order valence-electron chi connectivity index (χ2n) is 6.82. The van der Waals surface area contributed by atoms with Crippen LogP contribution in [0.15, 0.2) is 41.2 Å². The number of aromatic nitrogens is 2. The number of H-pyrrole nitrogens is 1. The van der Waals surface area contributed by atoms with Crippen molar-refractivity contribution in [3.8, 4) is 0 Å². The highest BCUT2D eigenvalue weighted by atomic mass is 32.1. The number of aromatic amines is 1. The van der Waals surface area contributed by atoms with Gasteiger partial charge in [-0.1, -0.05) is 6.07 Å². The summed E-state index contributed by atoms with van der Waals surface area (Å²) in [5, 5.41) is 3.40. The van der Waals surface area contributed by atoms with Gasteiger partial charge in [0.15, 0.2) is 4.77 Å². The molecule has 0 aliphatic heterocycles. The molecule has 1 aromatic heterocycles. The van der Waals surface area contributed by atoms with Crippen LogP contribution in [0.3, 0.4) is 0 Å². The molecule has 0 atom stereocenters. The number of nitrogens with zero attached hydrogens (tertiary/aromatic N) is 1. The summed E-state index contributed by atoms with van der Waals surface area (Å²) in [4.78, 5) is 28.4. The Labute approximate surface area is 168 Å². The maximum Gasteiger partial charge on any atom is 0.262 e. The summed E-state index contributed by atoms with van der Waals surface area (Å²) >= 11 is 5.33. The van der Waals surface area contributed by atoms with Crippen LogP contribution < -0.4 is 10.9 Å². The maximum atomic E-state index is 12.7. The second kappa shape index (κ2) is 8.50. The number of carbonyl (C=O) groups excluding carboxylic acids is 1. The van der Waals surface area contributed by atoms with E-state index in [0.717, 1.165) is 16.8 Å². The van der Waals surface area contributed by atoms with E-state index in [-0.39, 0.29) is 11.5 Å². The predicted octanol–water partition coefficient (Wildman–Crippen LogP) is 3.96. The van der Waals surface area contributed by atoms with E-state index in [2.05, 4.69) is 10.3 Å². The number of benzene rings is 2. The Bertz CT molecular complexity index is 1130. The largest absolute Gasteiger partial charge is 0.385 e. The molecule has 6 nitrogen and oxygen atoms in total. The zero-order valence-corrected chi connectivity index (χ0v) is 17.0. The van der Waals surface area contributed by atoms with Crippen LogP contribution >= 0.6 is 12.2 Å². The quantitative estimate of drug-likeness (QED) is 0.488. The van der Waals surface area contributed by atoms with Gasteiger partial charge in [0, 0.05) is 31.5 Å². The summed E-state index contributed by atoms with van der Waals surface area (Å²) in [5.41, 5.74) is 3.72. The summed E-state index contributed by atoms with van der Waals surface area (Å²) in [6.45, 7) is 5.00. The summed E-state index contributed by atoms with van der Waals surface area (Å²) in [7, 11) is 1.62. The van der Waals surface area contributed by atoms with Crippen molar-refractivity contribution in [3.05, 3.63) is 68.2 Å². The van der Waals surface area contributed by atoms with Crippen LogP contribution in [0.25, 0.3) is 10.9 Å². The van der Waals surface area contributed by atoms with Crippen molar-refractivity contribution < 1.29 is 9.53 Å². The minimum absolute atomic E-state index is 0.170. The van der Waals surface area contributed by atoms with Gasteiger partial charge in [0.05, 0.1) is 10.9 Å². The van der Waals surface area contributed by atoms with Crippen LogP contribution in [0.5, 0.6) is 0 Å². The number of hydrogen-bond acceptors (Lipinski definition) is 4. The molecule has 0 fully saturated rings. The zero-order chi connectivity index (χ0) is 20.3. The number of anilines is 1. The molecule has 3 rings (SSSR count). The maximum absolute atomic E-state index is 12.7. The number of rotatable bonds is 6. The normalized spacial score (nSPS) is 11.0. The molecule has 0 bridgehead atoms. The van der Waals surface area contributed by atoms with Gasteiger partial charge in [0.25, 0.3) is 11.5 Å². The van der Waals surface area contributed by atoms with Gasteiger partial charge in [-0.15, -0.1) is 0 Å². The van der Waals surface area contributed by atoms with Crippen molar-refractivity contribution in [3.63, 3.8) is 0 Å². The first-order valence-corrected chi connectivity index (χ1v) is 9.45. The topological polar surface area (TPSA) is 76.1 Å². The van der Waals surface area contributed by atoms with Crippen molar-refractivity contribution in [2.45, 2.75) is 26.8 Å². The number of methoxy groups -OCH3 is 1. The highest BCUT2D eigenvalue weighted by Crippen LogP contribution is 2.16. The fourth-order valence-corrected chi connectivity index (χ4v) is 3.50. The van der Waals surface area contributed by atoms with Gasteiger partial charge in [-0.05, 0) is 73.9 Å². The van der Waals surface area contributed by atoms with Gasteiger partial charge < -0.3 is 15.0 Å². The molecule has 2 N–H and O–H groups in total. The number of carbonyl (C=O) groups is 1. The number of nitrogens with one attached hydrogen (secondary N) is 2. The summed E-state index contributed by atoms with van der Waals surface area (Å²) in [5.74, 6) is -0.240. The number of aryl methyl sites for hydroxylation is 2. The molecule has 0 unspecified atom stereocenters. The number of amides is 1. The van der Waals surface area contributed by atoms with Gasteiger partial charge in [0.1, 0.15) is 0 Å². The minimum Gasteiger partial charge on any atom is -0.385 e. The van der Waals surface area contributed by atoms with Gasteiger partial charge in [0.2, 0.25) is 0 Å². The third-order valence-electron chi connectivity index (χ3n) is 4.45. The molecule has 0 aliphatic carbocycles. The Morgan fingerprint density at radius 3 is 2.57 bits per heavy atom. The Balaban J connectivity index is 1.91. The van der Waals surface area contributed by atoms with Gasteiger partial charge in [-0.2, -0.15) is 0 Å². The lowest BCUT2D eigenvalue weighted by Gasteiger charge is -2.10. The molecular weight excluding hydrogens is 374 g/mol. The molecule has 1 amide bonds. The fraction of sp³-hybridized carbons (Fsp3) is 0.286. The Morgan fingerprint density at radius 1 is 1.18 bits per heavy atom. The smallest absolute Gasteiger partial charge is 0.262 e. The van der Waals surface area contributed by atoms with E-state index in [9.17, 15) is 9.59 Å².